The third kappa shape index (κ3) is 5.20. The first-order chi connectivity index (χ1) is 12.7. The molecule has 0 aliphatic heterocycles. The molecule has 1 aromatic heterocycles. The first kappa shape index (κ1) is 18.2. The van der Waals surface area contributed by atoms with Gasteiger partial charge in [0.25, 0.3) is 5.91 Å². The molecule has 2 N–H and O–H groups in total. The van der Waals surface area contributed by atoms with Crippen LogP contribution in [0.3, 0.4) is 0 Å². The maximum Gasteiger partial charge on any atom is 0.258 e. The van der Waals surface area contributed by atoms with Crippen LogP contribution in [0.15, 0.2) is 48.7 Å². The summed E-state index contributed by atoms with van der Waals surface area (Å²) in [5.41, 5.74) is 0. The van der Waals surface area contributed by atoms with Crippen molar-refractivity contribution in [2.75, 3.05) is 13.2 Å². The van der Waals surface area contributed by atoms with Crippen molar-refractivity contribution in [1.29, 1.82) is 0 Å². The fourth-order valence-electron chi connectivity index (χ4n) is 3.27. The van der Waals surface area contributed by atoms with Crippen molar-refractivity contribution in [3.63, 3.8) is 0 Å². The zero-order chi connectivity index (χ0) is 18.2. The van der Waals surface area contributed by atoms with Gasteiger partial charge in [-0.1, -0.05) is 12.5 Å². The number of nitrogens with one attached hydrogen (secondary N) is 1. The van der Waals surface area contributed by atoms with Gasteiger partial charge in [-0.15, -0.1) is 0 Å². The monoisotopic (exact) mass is 356 g/mol. The number of pyridine rings is 1. The summed E-state index contributed by atoms with van der Waals surface area (Å²) in [7, 11) is 0. The smallest absolute Gasteiger partial charge is 0.258 e. The predicted octanol–water partition coefficient (Wildman–Crippen LogP) is 2.92. The Kier molecular flexibility index (Phi) is 6.44. The molecule has 3 rings (SSSR count). The molecule has 0 spiro atoms. The van der Waals surface area contributed by atoms with Crippen molar-refractivity contribution >= 4 is 5.91 Å². The van der Waals surface area contributed by atoms with E-state index >= 15 is 0 Å². The number of benzene rings is 1. The summed E-state index contributed by atoms with van der Waals surface area (Å²) in [6.45, 7) is 0.142. The van der Waals surface area contributed by atoms with Crippen LogP contribution in [0.2, 0.25) is 0 Å². The van der Waals surface area contributed by atoms with E-state index in [0.717, 1.165) is 25.7 Å². The Hall–Kier alpha value is -2.60. The van der Waals surface area contributed by atoms with E-state index in [4.69, 9.17) is 14.6 Å². The topological polar surface area (TPSA) is 80.7 Å². The second-order valence-corrected chi connectivity index (χ2v) is 6.41. The molecule has 6 heteroatoms. The Labute approximate surface area is 153 Å². The van der Waals surface area contributed by atoms with Crippen molar-refractivity contribution in [3.05, 3.63) is 48.7 Å². The SMILES string of the molecule is O=C(COc1ccc(Oc2ccccn2)cc1)NC1CCCC1CCO. The maximum atomic E-state index is 12.1. The van der Waals surface area contributed by atoms with E-state index in [2.05, 4.69) is 10.3 Å². The summed E-state index contributed by atoms with van der Waals surface area (Å²) in [5, 5.41) is 12.1. The summed E-state index contributed by atoms with van der Waals surface area (Å²) in [4.78, 5) is 16.2. The van der Waals surface area contributed by atoms with Gasteiger partial charge in [0, 0.05) is 24.9 Å². The second-order valence-electron chi connectivity index (χ2n) is 6.41. The summed E-state index contributed by atoms with van der Waals surface area (Å²) in [6.07, 6.45) is 5.53. The van der Waals surface area contributed by atoms with E-state index in [9.17, 15) is 4.79 Å². The molecule has 1 amide bonds. The van der Waals surface area contributed by atoms with E-state index in [0.29, 0.717) is 23.3 Å². The predicted molar refractivity (Wildman–Crippen MR) is 97.2 cm³/mol. The lowest BCUT2D eigenvalue weighted by molar-refractivity contribution is -0.124. The van der Waals surface area contributed by atoms with E-state index in [1.165, 1.54) is 0 Å². The Morgan fingerprint density at radius 3 is 2.69 bits per heavy atom. The lowest BCUT2D eigenvalue weighted by Crippen LogP contribution is -2.40. The van der Waals surface area contributed by atoms with E-state index in [1.807, 2.05) is 12.1 Å². The molecule has 1 fully saturated rings. The second kappa shape index (κ2) is 9.20. The molecule has 0 radical (unpaired) electrons. The highest BCUT2D eigenvalue weighted by Crippen LogP contribution is 2.28. The number of nitrogens with zero attached hydrogens (tertiary/aromatic N) is 1. The number of aliphatic hydroxyl groups excluding tert-OH is 1. The number of hydrogen-bond acceptors (Lipinski definition) is 5. The molecule has 26 heavy (non-hydrogen) atoms. The van der Waals surface area contributed by atoms with E-state index in [1.54, 1.807) is 36.5 Å². The highest BCUT2D eigenvalue weighted by atomic mass is 16.5. The van der Waals surface area contributed by atoms with Gasteiger partial charge in [-0.2, -0.15) is 0 Å². The molecule has 0 bridgehead atoms. The van der Waals surface area contributed by atoms with Crippen LogP contribution in [0.25, 0.3) is 0 Å². The Balaban J connectivity index is 1.45. The molecule has 1 heterocycles. The average molecular weight is 356 g/mol. The molecular formula is C20H24N2O4. The molecule has 1 saturated carbocycles. The molecule has 6 nitrogen and oxygen atoms in total. The molecule has 2 unspecified atom stereocenters. The van der Waals surface area contributed by atoms with Crippen LogP contribution < -0.4 is 14.8 Å². The minimum atomic E-state index is -0.131. The Morgan fingerprint density at radius 2 is 1.96 bits per heavy atom. The fraction of sp³-hybridized carbons (Fsp3) is 0.400. The van der Waals surface area contributed by atoms with Crippen LogP contribution in [0.4, 0.5) is 0 Å². The average Bonchev–Trinajstić information content (AvgIpc) is 3.09. The lowest BCUT2D eigenvalue weighted by atomic mass is 10.00. The molecule has 138 valence electrons. The number of rotatable bonds is 8. The van der Waals surface area contributed by atoms with Gasteiger partial charge in [-0.25, -0.2) is 4.98 Å². The minimum absolute atomic E-state index is 0.0250. The first-order valence-electron chi connectivity index (χ1n) is 8.96. The van der Waals surface area contributed by atoms with Crippen LogP contribution in [-0.2, 0) is 4.79 Å². The van der Waals surface area contributed by atoms with E-state index in [-0.39, 0.29) is 25.2 Å². The van der Waals surface area contributed by atoms with Gasteiger partial charge < -0.3 is 19.9 Å². The van der Waals surface area contributed by atoms with Crippen molar-refractivity contribution in [3.8, 4) is 17.4 Å². The third-order valence-electron chi connectivity index (χ3n) is 4.56. The minimum Gasteiger partial charge on any atom is -0.484 e. The van der Waals surface area contributed by atoms with Crippen molar-refractivity contribution < 1.29 is 19.4 Å². The highest BCUT2D eigenvalue weighted by Gasteiger charge is 2.27. The summed E-state index contributed by atoms with van der Waals surface area (Å²) in [6, 6.07) is 12.7. The third-order valence-corrected chi connectivity index (χ3v) is 4.56. The van der Waals surface area contributed by atoms with Crippen LogP contribution in [0.1, 0.15) is 25.7 Å². The first-order valence-corrected chi connectivity index (χ1v) is 8.96. The number of amides is 1. The standard InChI is InChI=1S/C20H24N2O4/c23-13-11-15-4-3-5-18(15)22-19(24)14-25-16-7-9-17(10-8-16)26-20-6-1-2-12-21-20/h1-2,6-10,12,15,18,23H,3-5,11,13-14H2,(H,22,24). The lowest BCUT2D eigenvalue weighted by Gasteiger charge is -2.20. The van der Waals surface area contributed by atoms with Crippen LogP contribution >= 0.6 is 0 Å². The van der Waals surface area contributed by atoms with Gasteiger partial charge >= 0.3 is 0 Å². The van der Waals surface area contributed by atoms with E-state index < -0.39 is 0 Å². The van der Waals surface area contributed by atoms with Gasteiger partial charge in [-0.05, 0) is 55.5 Å². The summed E-state index contributed by atoms with van der Waals surface area (Å²) < 4.78 is 11.2. The van der Waals surface area contributed by atoms with Gasteiger partial charge in [-0.3, -0.25) is 4.79 Å². The van der Waals surface area contributed by atoms with Crippen LogP contribution in [0, 0.1) is 5.92 Å². The van der Waals surface area contributed by atoms with Gasteiger partial charge in [0.05, 0.1) is 0 Å². The normalized spacial score (nSPS) is 19.1. The molecule has 1 aliphatic rings. The molecule has 2 aromatic rings. The number of aromatic nitrogens is 1. The van der Waals surface area contributed by atoms with Crippen molar-refractivity contribution in [2.24, 2.45) is 5.92 Å². The quantitative estimate of drug-likeness (QED) is 0.760. The Morgan fingerprint density at radius 1 is 1.15 bits per heavy atom. The number of ether oxygens (including phenoxy) is 2. The number of aliphatic hydroxyl groups is 1. The summed E-state index contributed by atoms with van der Waals surface area (Å²) >= 11 is 0. The molecule has 2 atom stereocenters. The van der Waals surface area contributed by atoms with Crippen molar-refractivity contribution in [1.82, 2.24) is 10.3 Å². The van der Waals surface area contributed by atoms with Gasteiger partial charge in [0.2, 0.25) is 5.88 Å². The van der Waals surface area contributed by atoms with Crippen LogP contribution in [0.5, 0.6) is 17.4 Å². The zero-order valence-corrected chi connectivity index (χ0v) is 14.6. The number of carbonyl (C=O) groups excluding carboxylic acids is 1. The largest absolute Gasteiger partial charge is 0.484 e. The number of carbonyl (C=O) groups is 1. The fourth-order valence-corrected chi connectivity index (χ4v) is 3.27. The maximum absolute atomic E-state index is 12.1. The highest BCUT2D eigenvalue weighted by molar-refractivity contribution is 5.77. The molecular weight excluding hydrogens is 332 g/mol. The number of hydrogen-bond donors (Lipinski definition) is 2. The molecule has 1 aromatic carbocycles. The molecule has 1 aliphatic carbocycles. The van der Waals surface area contributed by atoms with Crippen LogP contribution in [-0.4, -0.2) is 35.3 Å². The van der Waals surface area contributed by atoms with Crippen molar-refractivity contribution in [2.45, 2.75) is 31.7 Å². The zero-order valence-electron chi connectivity index (χ0n) is 14.6. The molecule has 0 saturated heterocycles. The van der Waals surface area contributed by atoms with Gasteiger partial charge in [0.15, 0.2) is 6.61 Å². The van der Waals surface area contributed by atoms with Gasteiger partial charge in [0.1, 0.15) is 11.5 Å². The Bertz CT molecular complexity index is 691. The summed E-state index contributed by atoms with van der Waals surface area (Å²) in [5.74, 6) is 2.01.